The third-order valence-electron chi connectivity index (χ3n) is 2.14. The molecule has 1 aliphatic carbocycles. The molecule has 1 atom stereocenters. The monoisotopic (exact) mass is 223 g/mol. The molecule has 0 amide bonds. The number of aromatic nitrogens is 1. The third-order valence-corrected chi connectivity index (χ3v) is 3.08. The van der Waals surface area contributed by atoms with Gasteiger partial charge in [0.05, 0.1) is 11.8 Å². The molecule has 1 N–H and O–H groups in total. The summed E-state index contributed by atoms with van der Waals surface area (Å²) in [5.41, 5.74) is 0.876. The molecule has 0 bridgehead atoms. The van der Waals surface area contributed by atoms with Gasteiger partial charge in [0.25, 0.3) is 5.22 Å². The second-order valence-electron chi connectivity index (χ2n) is 3.69. The van der Waals surface area contributed by atoms with Crippen LogP contribution in [0.1, 0.15) is 18.5 Å². The molecule has 0 radical (unpaired) electrons. The minimum Gasteiger partial charge on any atom is -0.440 e. The number of hydrogen-bond donors (Lipinski definition) is 1. The van der Waals surface area contributed by atoms with Crippen molar-refractivity contribution in [1.29, 1.82) is 5.26 Å². The van der Waals surface area contributed by atoms with Crippen molar-refractivity contribution in [2.45, 2.75) is 37.1 Å². The lowest BCUT2D eigenvalue weighted by Gasteiger charge is -2.07. The predicted octanol–water partition coefficient (Wildman–Crippen LogP) is 1.72. The molecule has 4 nitrogen and oxygen atoms in total. The zero-order chi connectivity index (χ0) is 10.7. The molecule has 0 aliphatic heterocycles. The normalized spacial score (nSPS) is 17.3. The van der Waals surface area contributed by atoms with Crippen molar-refractivity contribution in [1.82, 2.24) is 10.3 Å². The Balaban J connectivity index is 1.77. The van der Waals surface area contributed by atoms with Gasteiger partial charge in [-0.25, -0.2) is 4.98 Å². The minimum atomic E-state index is -0.102. The molecule has 80 valence electrons. The molecular weight excluding hydrogens is 210 g/mol. The van der Waals surface area contributed by atoms with E-state index in [2.05, 4.69) is 16.4 Å². The number of nitrogens with one attached hydrogen (secondary N) is 1. The Kier molecular flexibility index (Phi) is 3.29. The summed E-state index contributed by atoms with van der Waals surface area (Å²) in [6.45, 7) is 1.89. The summed E-state index contributed by atoms with van der Waals surface area (Å²) < 4.78 is 5.19. The lowest BCUT2D eigenvalue weighted by Crippen LogP contribution is -2.31. The Hall–Kier alpha value is -0.990. The van der Waals surface area contributed by atoms with Crippen LogP contribution in [0.4, 0.5) is 0 Å². The maximum Gasteiger partial charge on any atom is 0.255 e. The molecular formula is C10H13N3OS. The first-order chi connectivity index (χ1) is 7.28. The van der Waals surface area contributed by atoms with E-state index >= 15 is 0 Å². The van der Waals surface area contributed by atoms with E-state index in [1.165, 1.54) is 24.6 Å². The van der Waals surface area contributed by atoms with E-state index in [1.807, 2.05) is 6.92 Å². The van der Waals surface area contributed by atoms with Crippen LogP contribution in [0.3, 0.4) is 0 Å². The van der Waals surface area contributed by atoms with Crippen LogP contribution in [0, 0.1) is 18.3 Å². The van der Waals surface area contributed by atoms with Crippen LogP contribution in [-0.4, -0.2) is 22.8 Å². The predicted molar refractivity (Wildman–Crippen MR) is 57.5 cm³/mol. The molecule has 15 heavy (non-hydrogen) atoms. The molecule has 5 heteroatoms. The topological polar surface area (TPSA) is 61.9 Å². The van der Waals surface area contributed by atoms with E-state index < -0.39 is 0 Å². The van der Waals surface area contributed by atoms with E-state index in [4.69, 9.17) is 9.68 Å². The Morgan fingerprint density at radius 1 is 1.80 bits per heavy atom. The highest BCUT2D eigenvalue weighted by atomic mass is 32.2. The Morgan fingerprint density at radius 3 is 3.13 bits per heavy atom. The number of nitrogens with zero attached hydrogens (tertiary/aromatic N) is 2. The van der Waals surface area contributed by atoms with E-state index in [1.54, 1.807) is 6.26 Å². The van der Waals surface area contributed by atoms with Gasteiger partial charge in [0.15, 0.2) is 0 Å². The van der Waals surface area contributed by atoms with Gasteiger partial charge in [0.1, 0.15) is 12.3 Å². The van der Waals surface area contributed by atoms with Crippen molar-refractivity contribution in [3.8, 4) is 6.07 Å². The van der Waals surface area contributed by atoms with Crippen LogP contribution >= 0.6 is 11.8 Å². The quantitative estimate of drug-likeness (QED) is 0.770. The molecule has 1 aromatic rings. The first kappa shape index (κ1) is 10.5. The van der Waals surface area contributed by atoms with Gasteiger partial charge >= 0.3 is 0 Å². The Bertz CT molecular complexity index is 367. The lowest BCUT2D eigenvalue weighted by molar-refractivity contribution is 0.453. The van der Waals surface area contributed by atoms with Crippen LogP contribution in [0.25, 0.3) is 0 Å². The largest absolute Gasteiger partial charge is 0.440 e. The molecule has 0 saturated heterocycles. The van der Waals surface area contributed by atoms with E-state index in [-0.39, 0.29) is 6.04 Å². The van der Waals surface area contributed by atoms with Crippen molar-refractivity contribution in [2.24, 2.45) is 0 Å². The zero-order valence-electron chi connectivity index (χ0n) is 8.56. The van der Waals surface area contributed by atoms with Gasteiger partial charge in [0.2, 0.25) is 0 Å². The molecule has 0 aromatic carbocycles. The highest BCUT2D eigenvalue weighted by Gasteiger charge is 2.24. The summed E-state index contributed by atoms with van der Waals surface area (Å²) in [6, 6.07) is 2.70. The summed E-state index contributed by atoms with van der Waals surface area (Å²) in [7, 11) is 0. The summed E-state index contributed by atoms with van der Waals surface area (Å²) >= 11 is 1.48. The summed E-state index contributed by atoms with van der Waals surface area (Å²) in [4.78, 5) is 4.17. The minimum absolute atomic E-state index is 0.102. The van der Waals surface area contributed by atoms with E-state index in [0.29, 0.717) is 17.0 Å². The van der Waals surface area contributed by atoms with Crippen molar-refractivity contribution in [2.75, 3.05) is 5.75 Å². The average molecular weight is 223 g/mol. The van der Waals surface area contributed by atoms with Crippen molar-refractivity contribution in [3.05, 3.63) is 12.0 Å². The zero-order valence-corrected chi connectivity index (χ0v) is 9.38. The number of oxazole rings is 1. The SMILES string of the molecule is Cc1coc(SCC(C#N)NC2CC2)n1. The molecule has 0 spiro atoms. The molecule has 1 unspecified atom stereocenters. The summed E-state index contributed by atoms with van der Waals surface area (Å²) in [5.74, 6) is 0.687. The summed E-state index contributed by atoms with van der Waals surface area (Å²) in [5, 5.41) is 12.8. The highest BCUT2D eigenvalue weighted by Crippen LogP contribution is 2.22. The van der Waals surface area contributed by atoms with Crippen LogP contribution in [0.5, 0.6) is 0 Å². The molecule has 1 heterocycles. The van der Waals surface area contributed by atoms with Gasteiger partial charge < -0.3 is 4.42 Å². The molecule has 1 aromatic heterocycles. The summed E-state index contributed by atoms with van der Waals surface area (Å²) in [6.07, 6.45) is 4.01. The van der Waals surface area contributed by atoms with Gasteiger partial charge in [-0.1, -0.05) is 11.8 Å². The van der Waals surface area contributed by atoms with Gasteiger partial charge in [0, 0.05) is 11.8 Å². The smallest absolute Gasteiger partial charge is 0.255 e. The molecule has 2 rings (SSSR count). The van der Waals surface area contributed by atoms with Gasteiger partial charge in [-0.05, 0) is 19.8 Å². The van der Waals surface area contributed by atoms with Crippen LogP contribution in [0.15, 0.2) is 15.9 Å². The van der Waals surface area contributed by atoms with Gasteiger partial charge in [-0.3, -0.25) is 5.32 Å². The fourth-order valence-corrected chi connectivity index (χ4v) is 2.02. The molecule has 1 aliphatic rings. The van der Waals surface area contributed by atoms with Crippen LogP contribution < -0.4 is 5.32 Å². The number of rotatable bonds is 5. The fourth-order valence-electron chi connectivity index (χ4n) is 1.21. The lowest BCUT2D eigenvalue weighted by atomic mass is 10.4. The van der Waals surface area contributed by atoms with Crippen molar-refractivity contribution >= 4 is 11.8 Å². The van der Waals surface area contributed by atoms with E-state index in [9.17, 15) is 0 Å². The number of nitriles is 1. The third kappa shape index (κ3) is 3.26. The average Bonchev–Trinajstić information content (AvgIpc) is 2.95. The fraction of sp³-hybridized carbons (Fsp3) is 0.600. The Morgan fingerprint density at radius 2 is 2.60 bits per heavy atom. The second kappa shape index (κ2) is 4.69. The Labute approximate surface area is 93.1 Å². The molecule has 1 fully saturated rings. The van der Waals surface area contributed by atoms with E-state index in [0.717, 1.165) is 5.69 Å². The maximum absolute atomic E-state index is 8.91. The first-order valence-electron chi connectivity index (χ1n) is 4.98. The van der Waals surface area contributed by atoms with Crippen molar-refractivity contribution < 1.29 is 4.42 Å². The number of aryl methyl sites for hydroxylation is 1. The standard InChI is InChI=1S/C10H13N3OS/c1-7-5-14-10(12-7)15-6-9(4-11)13-8-2-3-8/h5,8-9,13H,2-3,6H2,1H3. The number of hydrogen-bond acceptors (Lipinski definition) is 5. The molecule has 1 saturated carbocycles. The van der Waals surface area contributed by atoms with Crippen LogP contribution in [0.2, 0.25) is 0 Å². The van der Waals surface area contributed by atoms with Gasteiger partial charge in [-0.2, -0.15) is 5.26 Å². The van der Waals surface area contributed by atoms with Crippen LogP contribution in [-0.2, 0) is 0 Å². The van der Waals surface area contributed by atoms with Gasteiger partial charge in [-0.15, -0.1) is 0 Å². The van der Waals surface area contributed by atoms with Crippen molar-refractivity contribution in [3.63, 3.8) is 0 Å². The number of thioether (sulfide) groups is 1. The maximum atomic E-state index is 8.91. The second-order valence-corrected chi connectivity index (χ2v) is 4.66. The highest BCUT2D eigenvalue weighted by molar-refractivity contribution is 7.99. The first-order valence-corrected chi connectivity index (χ1v) is 5.97.